The minimum absolute atomic E-state index is 0.0682. The first-order valence-electron chi connectivity index (χ1n) is 7.94. The number of hydrogen-bond acceptors (Lipinski definition) is 6. The summed E-state index contributed by atoms with van der Waals surface area (Å²) in [6.07, 6.45) is 1.90. The van der Waals surface area contributed by atoms with Gasteiger partial charge in [0.05, 0.1) is 22.7 Å². The van der Waals surface area contributed by atoms with Gasteiger partial charge in [-0.3, -0.25) is 9.69 Å². The highest BCUT2D eigenvalue weighted by Crippen LogP contribution is 2.29. The molecular formula is C17H21N3O3S. The summed E-state index contributed by atoms with van der Waals surface area (Å²) in [6, 6.07) is 8.06. The molecule has 1 amide bonds. The van der Waals surface area contributed by atoms with Crippen molar-refractivity contribution in [3.8, 4) is 10.4 Å². The highest BCUT2D eigenvalue weighted by Gasteiger charge is 2.43. The fraction of sp³-hybridized carbons (Fsp3) is 0.412. The normalized spacial score (nSPS) is 21.2. The summed E-state index contributed by atoms with van der Waals surface area (Å²) in [7, 11) is 0. The van der Waals surface area contributed by atoms with Crippen LogP contribution in [-0.2, 0) is 17.8 Å². The van der Waals surface area contributed by atoms with Crippen LogP contribution in [0.15, 0.2) is 29.8 Å². The SMILES string of the molecule is NC(=O)[C@]1(O)CCCN1CCc1ccc(-c2scnc2CO)cc1. The molecule has 1 saturated heterocycles. The summed E-state index contributed by atoms with van der Waals surface area (Å²) in [4.78, 5) is 18.4. The van der Waals surface area contributed by atoms with Gasteiger partial charge in [0, 0.05) is 19.5 Å². The largest absolute Gasteiger partial charge is 0.390 e. The second-order valence-corrected chi connectivity index (χ2v) is 6.86. The maximum absolute atomic E-state index is 11.5. The Balaban J connectivity index is 1.66. The molecule has 0 saturated carbocycles. The summed E-state index contributed by atoms with van der Waals surface area (Å²) in [5.74, 6) is -0.669. The van der Waals surface area contributed by atoms with E-state index in [0.29, 0.717) is 25.2 Å². The van der Waals surface area contributed by atoms with Crippen LogP contribution in [0.2, 0.25) is 0 Å². The lowest BCUT2D eigenvalue weighted by Gasteiger charge is -2.30. The number of carbonyl (C=O) groups excluding carboxylic acids is 1. The van der Waals surface area contributed by atoms with E-state index in [1.54, 1.807) is 10.4 Å². The van der Waals surface area contributed by atoms with E-state index >= 15 is 0 Å². The summed E-state index contributed by atoms with van der Waals surface area (Å²) < 4.78 is 0. The average Bonchev–Trinajstić information content (AvgIpc) is 3.20. The lowest BCUT2D eigenvalue weighted by Crippen LogP contribution is -2.54. The van der Waals surface area contributed by atoms with E-state index in [4.69, 9.17) is 5.73 Å². The van der Waals surface area contributed by atoms with Crippen LogP contribution in [0.1, 0.15) is 24.1 Å². The minimum atomic E-state index is -1.50. The van der Waals surface area contributed by atoms with Gasteiger partial charge in [0.2, 0.25) is 0 Å². The third-order valence-corrected chi connectivity index (χ3v) is 5.47. The Labute approximate surface area is 144 Å². The number of rotatable bonds is 6. The minimum Gasteiger partial charge on any atom is -0.390 e. The Bertz CT molecular complexity index is 716. The number of thiazole rings is 1. The zero-order valence-corrected chi connectivity index (χ0v) is 14.1. The van der Waals surface area contributed by atoms with Gasteiger partial charge in [-0.05, 0) is 24.0 Å². The number of aliphatic hydroxyl groups excluding tert-OH is 1. The van der Waals surface area contributed by atoms with Crippen molar-refractivity contribution >= 4 is 17.2 Å². The molecule has 24 heavy (non-hydrogen) atoms. The summed E-state index contributed by atoms with van der Waals surface area (Å²) in [6.45, 7) is 1.20. The van der Waals surface area contributed by atoms with Crippen LogP contribution >= 0.6 is 11.3 Å². The number of aliphatic hydroxyl groups is 2. The Kier molecular flexibility index (Phi) is 4.96. The van der Waals surface area contributed by atoms with Crippen LogP contribution < -0.4 is 5.73 Å². The Morgan fingerprint density at radius 2 is 2.12 bits per heavy atom. The van der Waals surface area contributed by atoms with Crippen molar-refractivity contribution in [2.75, 3.05) is 13.1 Å². The van der Waals surface area contributed by atoms with Gasteiger partial charge < -0.3 is 15.9 Å². The van der Waals surface area contributed by atoms with Gasteiger partial charge in [-0.1, -0.05) is 24.3 Å². The molecule has 1 atom stereocenters. The van der Waals surface area contributed by atoms with Crippen LogP contribution in [0.25, 0.3) is 10.4 Å². The van der Waals surface area contributed by atoms with Gasteiger partial charge in [0.15, 0.2) is 5.72 Å². The third kappa shape index (κ3) is 3.21. The molecule has 2 heterocycles. The van der Waals surface area contributed by atoms with Gasteiger partial charge in [-0.25, -0.2) is 4.98 Å². The van der Waals surface area contributed by atoms with Crippen LogP contribution in [-0.4, -0.2) is 44.8 Å². The first-order valence-corrected chi connectivity index (χ1v) is 8.82. The quantitative estimate of drug-likeness (QED) is 0.727. The molecule has 128 valence electrons. The second kappa shape index (κ2) is 6.98. The maximum Gasteiger partial charge on any atom is 0.264 e. The first kappa shape index (κ1) is 17.0. The number of hydrogen-bond donors (Lipinski definition) is 3. The van der Waals surface area contributed by atoms with E-state index in [-0.39, 0.29) is 6.61 Å². The Morgan fingerprint density at radius 3 is 2.79 bits per heavy atom. The van der Waals surface area contributed by atoms with Crippen molar-refractivity contribution < 1.29 is 15.0 Å². The van der Waals surface area contributed by atoms with Gasteiger partial charge >= 0.3 is 0 Å². The molecule has 1 aromatic heterocycles. The number of amides is 1. The van der Waals surface area contributed by atoms with Crippen molar-refractivity contribution in [3.63, 3.8) is 0 Å². The molecule has 1 aliphatic rings. The summed E-state index contributed by atoms with van der Waals surface area (Å²) in [5.41, 5.74) is 8.40. The van der Waals surface area contributed by atoms with Gasteiger partial charge in [0.25, 0.3) is 5.91 Å². The molecule has 0 spiro atoms. The standard InChI is InChI=1S/C17H21N3O3S/c18-16(22)17(23)7-1-8-20(17)9-6-12-2-4-13(5-3-12)15-14(10-21)19-11-24-15/h2-5,11,21,23H,1,6-10H2,(H2,18,22)/t17-/m1/s1. The van der Waals surface area contributed by atoms with Crippen molar-refractivity contribution in [2.45, 2.75) is 31.6 Å². The topological polar surface area (TPSA) is 99.7 Å². The van der Waals surface area contributed by atoms with Gasteiger partial charge in [-0.15, -0.1) is 11.3 Å². The molecule has 0 unspecified atom stereocenters. The van der Waals surface area contributed by atoms with Crippen molar-refractivity contribution in [1.29, 1.82) is 0 Å². The average molecular weight is 347 g/mol. The van der Waals surface area contributed by atoms with E-state index in [1.807, 2.05) is 24.3 Å². The molecule has 6 nitrogen and oxygen atoms in total. The van der Waals surface area contributed by atoms with E-state index in [1.165, 1.54) is 11.3 Å². The predicted molar refractivity (Wildman–Crippen MR) is 92.1 cm³/mol. The van der Waals surface area contributed by atoms with Crippen molar-refractivity contribution in [1.82, 2.24) is 9.88 Å². The number of nitrogens with zero attached hydrogens (tertiary/aromatic N) is 2. The molecule has 0 bridgehead atoms. The first-order chi connectivity index (χ1) is 11.5. The fourth-order valence-electron chi connectivity index (χ4n) is 3.14. The van der Waals surface area contributed by atoms with E-state index in [9.17, 15) is 15.0 Å². The number of carbonyl (C=O) groups is 1. The molecule has 2 aromatic rings. The Morgan fingerprint density at radius 1 is 1.38 bits per heavy atom. The maximum atomic E-state index is 11.5. The number of primary amides is 1. The third-order valence-electron chi connectivity index (χ3n) is 4.55. The van der Waals surface area contributed by atoms with E-state index in [2.05, 4.69) is 4.98 Å². The van der Waals surface area contributed by atoms with E-state index < -0.39 is 11.6 Å². The summed E-state index contributed by atoms with van der Waals surface area (Å²) >= 11 is 1.51. The number of nitrogens with two attached hydrogens (primary N) is 1. The number of likely N-dealkylation sites (tertiary alicyclic amines) is 1. The predicted octanol–water partition coefficient (Wildman–Crippen LogP) is 1.11. The molecule has 1 aliphatic heterocycles. The molecule has 1 aromatic carbocycles. The fourth-order valence-corrected chi connectivity index (χ4v) is 3.95. The number of benzene rings is 1. The highest BCUT2D eigenvalue weighted by atomic mass is 32.1. The lowest BCUT2D eigenvalue weighted by atomic mass is 10.1. The smallest absolute Gasteiger partial charge is 0.264 e. The zero-order chi connectivity index (χ0) is 17.2. The molecule has 3 rings (SSSR count). The molecule has 0 aliphatic carbocycles. The van der Waals surface area contributed by atoms with Gasteiger partial charge in [0.1, 0.15) is 0 Å². The monoisotopic (exact) mass is 347 g/mol. The van der Waals surface area contributed by atoms with Crippen LogP contribution in [0.5, 0.6) is 0 Å². The van der Waals surface area contributed by atoms with Crippen LogP contribution in [0.4, 0.5) is 0 Å². The lowest BCUT2D eigenvalue weighted by molar-refractivity contribution is -0.153. The highest BCUT2D eigenvalue weighted by molar-refractivity contribution is 7.13. The second-order valence-electron chi connectivity index (χ2n) is 6.00. The van der Waals surface area contributed by atoms with Crippen molar-refractivity contribution in [3.05, 3.63) is 41.0 Å². The molecule has 0 radical (unpaired) electrons. The van der Waals surface area contributed by atoms with Crippen molar-refractivity contribution in [2.24, 2.45) is 5.73 Å². The molecular weight excluding hydrogens is 326 g/mol. The zero-order valence-electron chi connectivity index (χ0n) is 13.3. The van der Waals surface area contributed by atoms with E-state index in [0.717, 1.165) is 28.8 Å². The molecule has 4 N–H and O–H groups in total. The van der Waals surface area contributed by atoms with Gasteiger partial charge in [-0.2, -0.15) is 0 Å². The van der Waals surface area contributed by atoms with Crippen LogP contribution in [0, 0.1) is 0 Å². The van der Waals surface area contributed by atoms with Crippen LogP contribution in [0.3, 0.4) is 0 Å². The Hall–Kier alpha value is -1.80. The summed E-state index contributed by atoms with van der Waals surface area (Å²) in [5, 5.41) is 19.7. The molecule has 7 heteroatoms. The molecule has 1 fully saturated rings. The number of aromatic nitrogens is 1.